The summed E-state index contributed by atoms with van der Waals surface area (Å²) >= 11 is 0. The number of hydrogen-bond acceptors (Lipinski definition) is 5. The van der Waals surface area contributed by atoms with E-state index in [0.29, 0.717) is 11.6 Å². The Morgan fingerprint density at radius 2 is 1.87 bits per heavy atom. The maximum absolute atomic E-state index is 5.93. The molecule has 0 bridgehead atoms. The van der Waals surface area contributed by atoms with Crippen molar-refractivity contribution in [1.82, 2.24) is 19.6 Å². The molecule has 0 aliphatic rings. The molecule has 3 heterocycles. The molecule has 0 aliphatic carbocycles. The van der Waals surface area contributed by atoms with Crippen LogP contribution in [0.1, 0.15) is 0 Å². The number of benzene rings is 1. The van der Waals surface area contributed by atoms with Gasteiger partial charge < -0.3 is 11.1 Å². The maximum atomic E-state index is 5.93. The summed E-state index contributed by atoms with van der Waals surface area (Å²) in [6.07, 6.45) is 5.50. The second kappa shape index (κ2) is 5.42. The average molecular weight is 302 g/mol. The fourth-order valence-corrected chi connectivity index (χ4v) is 2.37. The van der Waals surface area contributed by atoms with E-state index in [2.05, 4.69) is 20.4 Å². The lowest BCUT2D eigenvalue weighted by atomic mass is 10.1. The van der Waals surface area contributed by atoms with Crippen molar-refractivity contribution in [3.05, 3.63) is 67.1 Å². The lowest BCUT2D eigenvalue weighted by Gasteiger charge is -2.04. The van der Waals surface area contributed by atoms with Gasteiger partial charge in [0.05, 0.1) is 11.4 Å². The van der Waals surface area contributed by atoms with Crippen LogP contribution in [0.2, 0.25) is 0 Å². The molecule has 1 aromatic carbocycles. The van der Waals surface area contributed by atoms with E-state index in [1.807, 2.05) is 60.9 Å². The van der Waals surface area contributed by atoms with E-state index in [1.54, 1.807) is 10.7 Å². The zero-order chi connectivity index (χ0) is 15.6. The highest BCUT2D eigenvalue weighted by molar-refractivity contribution is 5.70. The number of fused-ring (bicyclic) bond motifs is 1. The topological polar surface area (TPSA) is 81.1 Å². The maximum Gasteiger partial charge on any atom is 0.247 e. The zero-order valence-electron chi connectivity index (χ0n) is 12.2. The van der Waals surface area contributed by atoms with Crippen LogP contribution in [0.15, 0.2) is 67.1 Å². The first-order valence-electron chi connectivity index (χ1n) is 7.18. The molecule has 0 aliphatic heterocycles. The number of aromatic nitrogens is 4. The molecule has 112 valence electrons. The van der Waals surface area contributed by atoms with E-state index in [1.165, 1.54) is 0 Å². The third kappa shape index (κ3) is 2.57. The van der Waals surface area contributed by atoms with E-state index >= 15 is 0 Å². The first-order chi connectivity index (χ1) is 11.3. The molecule has 0 saturated heterocycles. The van der Waals surface area contributed by atoms with Crippen LogP contribution in [-0.4, -0.2) is 19.6 Å². The Morgan fingerprint density at radius 3 is 2.70 bits per heavy atom. The smallest absolute Gasteiger partial charge is 0.247 e. The summed E-state index contributed by atoms with van der Waals surface area (Å²) < 4.78 is 1.74. The number of nitrogens with one attached hydrogen (secondary N) is 1. The molecular formula is C17H14N6. The minimum atomic E-state index is 0.506. The van der Waals surface area contributed by atoms with E-state index in [4.69, 9.17) is 5.73 Å². The first-order valence-corrected chi connectivity index (χ1v) is 7.18. The van der Waals surface area contributed by atoms with Gasteiger partial charge in [0, 0.05) is 29.7 Å². The number of pyridine rings is 2. The Bertz CT molecular complexity index is 961. The quantitative estimate of drug-likeness (QED) is 0.568. The molecule has 0 fully saturated rings. The fraction of sp³-hybridized carbons (Fsp3) is 0. The molecule has 0 unspecified atom stereocenters. The van der Waals surface area contributed by atoms with Gasteiger partial charge in [0.2, 0.25) is 5.95 Å². The number of nitrogen functional groups attached to an aromatic ring is 1. The standard InChI is InChI=1S/C17H14N6/c18-14-5-1-2-6-15(14)20-17-21-16-8-7-13(11-23(16)22-17)12-4-3-9-19-10-12/h1-11H,18H2,(H,20,22). The van der Waals surface area contributed by atoms with Gasteiger partial charge in [-0.1, -0.05) is 18.2 Å². The lowest BCUT2D eigenvalue weighted by Crippen LogP contribution is -1.97. The molecule has 23 heavy (non-hydrogen) atoms. The van der Waals surface area contributed by atoms with Gasteiger partial charge in [-0.2, -0.15) is 4.98 Å². The van der Waals surface area contributed by atoms with E-state index in [-0.39, 0.29) is 0 Å². The largest absolute Gasteiger partial charge is 0.397 e. The summed E-state index contributed by atoms with van der Waals surface area (Å²) in [6.45, 7) is 0. The van der Waals surface area contributed by atoms with Crippen LogP contribution >= 0.6 is 0 Å². The number of anilines is 3. The van der Waals surface area contributed by atoms with Crippen molar-refractivity contribution in [1.29, 1.82) is 0 Å². The normalized spacial score (nSPS) is 10.8. The Hall–Kier alpha value is -3.41. The van der Waals surface area contributed by atoms with Gasteiger partial charge in [0.15, 0.2) is 5.65 Å². The fourth-order valence-electron chi connectivity index (χ4n) is 2.37. The molecule has 4 rings (SSSR count). The van der Waals surface area contributed by atoms with Crippen molar-refractivity contribution in [3.8, 4) is 11.1 Å². The molecule has 0 saturated carbocycles. The summed E-state index contributed by atoms with van der Waals surface area (Å²) in [4.78, 5) is 8.59. The van der Waals surface area contributed by atoms with E-state index in [0.717, 1.165) is 22.5 Å². The molecule has 0 spiro atoms. The van der Waals surface area contributed by atoms with Crippen molar-refractivity contribution < 1.29 is 0 Å². The van der Waals surface area contributed by atoms with Gasteiger partial charge in [-0.15, -0.1) is 5.10 Å². The number of hydrogen-bond donors (Lipinski definition) is 2. The Morgan fingerprint density at radius 1 is 0.957 bits per heavy atom. The monoisotopic (exact) mass is 302 g/mol. The van der Waals surface area contributed by atoms with Crippen LogP contribution < -0.4 is 11.1 Å². The van der Waals surface area contributed by atoms with Crippen LogP contribution in [0.25, 0.3) is 16.8 Å². The summed E-state index contributed by atoms with van der Waals surface area (Å²) in [5, 5.41) is 7.59. The van der Waals surface area contributed by atoms with Gasteiger partial charge in [0.25, 0.3) is 0 Å². The molecule has 4 aromatic rings. The van der Waals surface area contributed by atoms with Gasteiger partial charge in [-0.25, -0.2) is 4.52 Å². The second-order valence-electron chi connectivity index (χ2n) is 5.11. The Balaban J connectivity index is 1.70. The highest BCUT2D eigenvalue weighted by atomic mass is 15.3. The van der Waals surface area contributed by atoms with E-state index in [9.17, 15) is 0 Å². The third-order valence-corrected chi connectivity index (χ3v) is 3.53. The molecular weight excluding hydrogens is 288 g/mol. The first kappa shape index (κ1) is 13.3. The van der Waals surface area contributed by atoms with Crippen molar-refractivity contribution >= 4 is 23.0 Å². The van der Waals surface area contributed by atoms with Crippen LogP contribution in [0.4, 0.5) is 17.3 Å². The molecule has 0 amide bonds. The number of rotatable bonds is 3. The number of nitrogens with zero attached hydrogens (tertiary/aromatic N) is 4. The average Bonchev–Trinajstić information content (AvgIpc) is 2.99. The van der Waals surface area contributed by atoms with Gasteiger partial charge in [0.1, 0.15) is 0 Å². The van der Waals surface area contributed by atoms with Crippen molar-refractivity contribution in [2.24, 2.45) is 0 Å². The third-order valence-electron chi connectivity index (χ3n) is 3.53. The Labute approximate surface area is 132 Å². The van der Waals surface area contributed by atoms with Gasteiger partial charge in [-0.3, -0.25) is 4.98 Å². The van der Waals surface area contributed by atoms with Gasteiger partial charge in [-0.05, 0) is 30.3 Å². The number of nitrogens with two attached hydrogens (primary N) is 1. The minimum absolute atomic E-state index is 0.506. The highest BCUT2D eigenvalue weighted by Gasteiger charge is 2.07. The van der Waals surface area contributed by atoms with Crippen LogP contribution in [0.5, 0.6) is 0 Å². The second-order valence-corrected chi connectivity index (χ2v) is 5.11. The van der Waals surface area contributed by atoms with Crippen molar-refractivity contribution in [2.75, 3.05) is 11.1 Å². The molecule has 3 aromatic heterocycles. The SMILES string of the molecule is Nc1ccccc1Nc1nc2ccc(-c3cccnc3)cn2n1. The summed E-state index contributed by atoms with van der Waals surface area (Å²) in [6, 6.07) is 15.4. The Kier molecular flexibility index (Phi) is 3.12. The predicted molar refractivity (Wildman–Crippen MR) is 90.4 cm³/mol. The summed E-state index contributed by atoms with van der Waals surface area (Å²) in [7, 11) is 0. The number of para-hydroxylation sites is 2. The van der Waals surface area contributed by atoms with Crippen molar-refractivity contribution in [3.63, 3.8) is 0 Å². The molecule has 6 nitrogen and oxygen atoms in total. The van der Waals surface area contributed by atoms with Gasteiger partial charge >= 0.3 is 0 Å². The predicted octanol–water partition coefficient (Wildman–Crippen LogP) is 3.12. The van der Waals surface area contributed by atoms with E-state index < -0.39 is 0 Å². The molecule has 0 atom stereocenters. The highest BCUT2D eigenvalue weighted by Crippen LogP contribution is 2.22. The molecule has 0 radical (unpaired) electrons. The van der Waals surface area contributed by atoms with Crippen LogP contribution in [-0.2, 0) is 0 Å². The summed E-state index contributed by atoms with van der Waals surface area (Å²) in [5.41, 5.74) is 10.2. The lowest BCUT2D eigenvalue weighted by molar-refractivity contribution is 0.967. The summed E-state index contributed by atoms with van der Waals surface area (Å²) in [5.74, 6) is 0.506. The zero-order valence-corrected chi connectivity index (χ0v) is 12.2. The molecule has 3 N–H and O–H groups in total. The van der Waals surface area contributed by atoms with Crippen LogP contribution in [0, 0.1) is 0 Å². The minimum Gasteiger partial charge on any atom is -0.397 e. The van der Waals surface area contributed by atoms with Crippen LogP contribution in [0.3, 0.4) is 0 Å². The molecule has 6 heteroatoms. The van der Waals surface area contributed by atoms with Crippen molar-refractivity contribution in [2.45, 2.75) is 0 Å².